The predicted molar refractivity (Wildman–Crippen MR) is 102 cm³/mol. The fourth-order valence-corrected chi connectivity index (χ4v) is 3.42. The Hall–Kier alpha value is -2.34. The van der Waals surface area contributed by atoms with E-state index in [2.05, 4.69) is 51.5 Å². The molecule has 1 aliphatic rings. The lowest BCUT2D eigenvalue weighted by Gasteiger charge is -2.23. The summed E-state index contributed by atoms with van der Waals surface area (Å²) < 4.78 is 1.81. The van der Waals surface area contributed by atoms with Crippen LogP contribution < -0.4 is 11.1 Å². The molecule has 2 aromatic rings. The Morgan fingerprint density at radius 2 is 2.28 bits per heavy atom. The smallest absolute Gasteiger partial charge is 0.188 e. The van der Waals surface area contributed by atoms with Gasteiger partial charge >= 0.3 is 0 Å². The molecule has 0 spiro atoms. The Morgan fingerprint density at radius 3 is 3.04 bits per heavy atom. The molecule has 0 radical (unpaired) electrons. The van der Waals surface area contributed by atoms with Gasteiger partial charge in [0.1, 0.15) is 0 Å². The summed E-state index contributed by atoms with van der Waals surface area (Å²) in [4.78, 5) is 6.99. The highest BCUT2D eigenvalue weighted by molar-refractivity contribution is 5.77. The summed E-state index contributed by atoms with van der Waals surface area (Å²) in [7, 11) is 1.92. The topological polar surface area (TPSA) is 71.5 Å². The molecular formula is C19H28N6. The van der Waals surface area contributed by atoms with Crippen LogP contribution in [0.4, 0.5) is 0 Å². The van der Waals surface area contributed by atoms with E-state index >= 15 is 0 Å². The molecule has 1 atom stereocenters. The van der Waals surface area contributed by atoms with E-state index in [1.807, 2.05) is 24.1 Å². The molecule has 1 saturated heterocycles. The van der Waals surface area contributed by atoms with Crippen LogP contribution in [0.5, 0.6) is 0 Å². The van der Waals surface area contributed by atoms with Gasteiger partial charge in [0.2, 0.25) is 0 Å². The zero-order chi connectivity index (χ0) is 17.6. The van der Waals surface area contributed by atoms with Crippen molar-refractivity contribution in [1.82, 2.24) is 20.0 Å². The largest absolute Gasteiger partial charge is 0.370 e. The number of benzene rings is 1. The van der Waals surface area contributed by atoms with Crippen molar-refractivity contribution in [2.24, 2.45) is 17.8 Å². The highest BCUT2D eigenvalue weighted by Gasteiger charge is 2.22. The third-order valence-corrected chi connectivity index (χ3v) is 4.82. The summed E-state index contributed by atoms with van der Waals surface area (Å²) in [5.41, 5.74) is 9.45. The van der Waals surface area contributed by atoms with Crippen molar-refractivity contribution < 1.29 is 0 Å². The lowest BCUT2D eigenvalue weighted by atomic mass is 10.1. The van der Waals surface area contributed by atoms with Crippen molar-refractivity contribution >= 4 is 5.96 Å². The lowest BCUT2D eigenvalue weighted by molar-refractivity contribution is 0.267. The number of aromatic nitrogens is 2. The Kier molecular flexibility index (Phi) is 5.71. The summed E-state index contributed by atoms with van der Waals surface area (Å²) in [5.74, 6) is 0.523. The number of rotatable bonds is 6. The molecule has 0 amide bonds. The van der Waals surface area contributed by atoms with Crippen molar-refractivity contribution in [2.45, 2.75) is 32.4 Å². The molecule has 6 heteroatoms. The minimum Gasteiger partial charge on any atom is -0.370 e. The molecule has 0 saturated carbocycles. The molecule has 0 bridgehead atoms. The van der Waals surface area contributed by atoms with Gasteiger partial charge in [0, 0.05) is 31.4 Å². The number of nitrogens with zero attached hydrogens (tertiary/aromatic N) is 4. The molecular weight excluding hydrogens is 312 g/mol. The summed E-state index contributed by atoms with van der Waals surface area (Å²) in [5, 5.41) is 7.51. The van der Waals surface area contributed by atoms with Gasteiger partial charge in [-0.1, -0.05) is 25.1 Å². The van der Waals surface area contributed by atoms with Gasteiger partial charge in [0.15, 0.2) is 5.96 Å². The van der Waals surface area contributed by atoms with Crippen LogP contribution in [0.1, 0.15) is 25.3 Å². The van der Waals surface area contributed by atoms with Crippen molar-refractivity contribution in [3.8, 4) is 11.1 Å². The fraction of sp³-hybridized carbons (Fsp3) is 0.474. The minimum atomic E-state index is 0.523. The molecule has 0 aliphatic carbocycles. The number of aliphatic imine (C=N–C) groups is 1. The summed E-state index contributed by atoms with van der Waals surface area (Å²) in [6, 6.07) is 8.93. The van der Waals surface area contributed by atoms with Crippen LogP contribution in [0, 0.1) is 0 Å². The highest BCUT2D eigenvalue weighted by Crippen LogP contribution is 2.20. The molecule has 134 valence electrons. The standard InChI is InChI=1S/C19H28N6/c1-3-25-9-5-8-18(25)13-22-19(20)21-11-15-6-4-7-16(10-15)17-12-23-24(2)14-17/h4,6-7,10,12,14,18H,3,5,8-9,11,13H2,1-2H3,(H3,20,21,22). The van der Waals surface area contributed by atoms with Gasteiger partial charge in [-0.3, -0.25) is 9.58 Å². The van der Waals surface area contributed by atoms with Gasteiger partial charge in [-0.25, -0.2) is 4.99 Å². The maximum atomic E-state index is 6.05. The normalized spacial score (nSPS) is 18.6. The first kappa shape index (κ1) is 17.5. The first-order chi connectivity index (χ1) is 12.2. The van der Waals surface area contributed by atoms with Crippen molar-refractivity contribution in [3.05, 3.63) is 42.2 Å². The molecule has 1 aromatic heterocycles. The second-order valence-electron chi connectivity index (χ2n) is 6.61. The van der Waals surface area contributed by atoms with Gasteiger partial charge < -0.3 is 11.1 Å². The Balaban J connectivity index is 1.56. The second kappa shape index (κ2) is 8.16. The average Bonchev–Trinajstić information content (AvgIpc) is 3.27. The van der Waals surface area contributed by atoms with E-state index in [-0.39, 0.29) is 0 Å². The maximum absolute atomic E-state index is 6.05. The number of nitrogens with two attached hydrogens (primary N) is 1. The van der Waals surface area contributed by atoms with E-state index in [1.165, 1.54) is 19.4 Å². The van der Waals surface area contributed by atoms with Gasteiger partial charge in [-0.05, 0) is 43.1 Å². The van der Waals surface area contributed by atoms with Gasteiger partial charge in [0.05, 0.1) is 12.7 Å². The van der Waals surface area contributed by atoms with Crippen LogP contribution in [0.3, 0.4) is 0 Å². The Labute approximate surface area is 149 Å². The van der Waals surface area contributed by atoms with E-state index in [0.29, 0.717) is 18.5 Å². The highest BCUT2D eigenvalue weighted by atomic mass is 15.2. The van der Waals surface area contributed by atoms with E-state index in [1.54, 1.807) is 0 Å². The monoisotopic (exact) mass is 340 g/mol. The molecule has 1 unspecified atom stereocenters. The number of likely N-dealkylation sites (tertiary alicyclic amines) is 1. The van der Waals surface area contributed by atoms with Crippen LogP contribution in [0.2, 0.25) is 0 Å². The van der Waals surface area contributed by atoms with Crippen molar-refractivity contribution in [1.29, 1.82) is 0 Å². The van der Waals surface area contributed by atoms with Gasteiger partial charge in [-0.2, -0.15) is 5.10 Å². The third-order valence-electron chi connectivity index (χ3n) is 4.82. The van der Waals surface area contributed by atoms with E-state index in [0.717, 1.165) is 29.8 Å². The van der Waals surface area contributed by atoms with E-state index < -0.39 is 0 Å². The van der Waals surface area contributed by atoms with Crippen LogP contribution in [-0.2, 0) is 13.6 Å². The summed E-state index contributed by atoms with van der Waals surface area (Å²) >= 11 is 0. The number of aryl methyl sites for hydroxylation is 1. The molecule has 25 heavy (non-hydrogen) atoms. The quantitative estimate of drug-likeness (QED) is 0.623. The number of nitrogens with one attached hydrogen (secondary N) is 1. The zero-order valence-corrected chi connectivity index (χ0v) is 15.2. The number of hydrogen-bond acceptors (Lipinski definition) is 3. The molecule has 1 fully saturated rings. The summed E-state index contributed by atoms with van der Waals surface area (Å²) in [6.45, 7) is 5.96. The number of hydrogen-bond donors (Lipinski definition) is 2. The molecule has 3 rings (SSSR count). The van der Waals surface area contributed by atoms with E-state index in [4.69, 9.17) is 5.73 Å². The Bertz CT molecular complexity index is 720. The van der Waals surface area contributed by atoms with Crippen LogP contribution >= 0.6 is 0 Å². The predicted octanol–water partition coefficient (Wildman–Crippen LogP) is 1.98. The van der Waals surface area contributed by atoms with Gasteiger partial charge in [-0.15, -0.1) is 0 Å². The molecule has 1 aromatic carbocycles. The van der Waals surface area contributed by atoms with Crippen LogP contribution in [-0.4, -0.2) is 46.3 Å². The second-order valence-corrected chi connectivity index (χ2v) is 6.61. The minimum absolute atomic E-state index is 0.523. The molecule has 3 N–H and O–H groups in total. The lowest BCUT2D eigenvalue weighted by Crippen LogP contribution is -2.42. The summed E-state index contributed by atoms with van der Waals surface area (Å²) in [6.07, 6.45) is 6.40. The van der Waals surface area contributed by atoms with Gasteiger partial charge in [0.25, 0.3) is 0 Å². The third kappa shape index (κ3) is 4.60. The maximum Gasteiger partial charge on any atom is 0.188 e. The van der Waals surface area contributed by atoms with Crippen LogP contribution in [0.15, 0.2) is 41.7 Å². The Morgan fingerprint density at radius 1 is 1.40 bits per heavy atom. The SMILES string of the molecule is CCN1CCCC1CNC(N)=NCc1cccc(-c2cnn(C)c2)c1. The van der Waals surface area contributed by atoms with Crippen LogP contribution in [0.25, 0.3) is 11.1 Å². The van der Waals surface area contributed by atoms with Crippen molar-refractivity contribution in [2.75, 3.05) is 19.6 Å². The molecule has 1 aliphatic heterocycles. The fourth-order valence-electron chi connectivity index (χ4n) is 3.42. The zero-order valence-electron chi connectivity index (χ0n) is 15.2. The molecule has 2 heterocycles. The number of guanidine groups is 1. The average molecular weight is 340 g/mol. The van der Waals surface area contributed by atoms with E-state index in [9.17, 15) is 0 Å². The van der Waals surface area contributed by atoms with Crippen molar-refractivity contribution in [3.63, 3.8) is 0 Å². The first-order valence-electron chi connectivity index (χ1n) is 9.01. The number of likely N-dealkylation sites (N-methyl/N-ethyl adjacent to an activating group) is 1. The first-order valence-corrected chi connectivity index (χ1v) is 9.01. The molecule has 6 nitrogen and oxygen atoms in total.